The van der Waals surface area contributed by atoms with Crippen molar-refractivity contribution in [2.45, 2.75) is 32.9 Å². The van der Waals surface area contributed by atoms with E-state index in [1.165, 1.54) is 52.4 Å². The number of halogens is 3. The quantitative estimate of drug-likeness (QED) is 0.134. The zero-order valence-electron chi connectivity index (χ0n) is 26.0. The molecule has 0 saturated carbocycles. The molecule has 7 rings (SSSR count). The van der Waals surface area contributed by atoms with Gasteiger partial charge in [-0.2, -0.15) is 0 Å². The highest BCUT2D eigenvalue weighted by Crippen LogP contribution is 2.52. The van der Waals surface area contributed by atoms with Crippen LogP contribution in [0.15, 0.2) is 48.4 Å². The lowest BCUT2D eigenvalue weighted by molar-refractivity contribution is -0.126. The van der Waals surface area contributed by atoms with Crippen LogP contribution in [0.5, 0.6) is 5.75 Å². The van der Waals surface area contributed by atoms with E-state index in [2.05, 4.69) is 24.0 Å². The number of thiophene rings is 1. The number of nitrogens with one attached hydrogen (secondary N) is 1. The Balaban J connectivity index is 1.53. The summed E-state index contributed by atoms with van der Waals surface area (Å²) in [7, 11) is 1.51. The van der Waals surface area contributed by atoms with Crippen LogP contribution < -0.4 is 10.1 Å². The number of carbonyl (C=O) groups is 1. The molecule has 0 saturated heterocycles. The summed E-state index contributed by atoms with van der Waals surface area (Å²) in [5.41, 5.74) is 6.60. The fraction of sp³-hybridized carbons (Fsp3) is 0.278. The number of ether oxygens (including phenoxy) is 2. The molecule has 4 heterocycles. The Morgan fingerprint density at radius 3 is 2.72 bits per heavy atom. The van der Waals surface area contributed by atoms with E-state index in [0.717, 1.165) is 53.3 Å². The van der Waals surface area contributed by atoms with Crippen LogP contribution in [-0.2, 0) is 35.5 Å². The van der Waals surface area contributed by atoms with Crippen LogP contribution in [0, 0.1) is 24.4 Å². The minimum absolute atomic E-state index is 0.00610. The summed E-state index contributed by atoms with van der Waals surface area (Å²) in [6, 6.07) is 8.19. The summed E-state index contributed by atoms with van der Waals surface area (Å²) in [6.07, 6.45) is 2.71. The highest BCUT2D eigenvalue weighted by atomic mass is 32.1. The summed E-state index contributed by atoms with van der Waals surface area (Å²) in [5.74, 6) is -2.20. The number of benzene rings is 3. The minimum Gasteiger partial charge on any atom is -0.490 e. The third kappa shape index (κ3) is 5.65. The minimum atomic E-state index is -0.828. The number of nitrogens with zero attached hydrogens (tertiary/aromatic N) is 2. The topological polar surface area (TPSA) is 63.7 Å². The number of hydrogen-bond donors (Lipinski definition) is 1. The van der Waals surface area contributed by atoms with Crippen LogP contribution >= 0.6 is 22.7 Å². The van der Waals surface area contributed by atoms with Gasteiger partial charge in [-0.25, -0.2) is 18.2 Å². The molecule has 2 aromatic heterocycles. The van der Waals surface area contributed by atoms with E-state index in [9.17, 15) is 9.18 Å². The molecule has 0 fully saturated rings. The van der Waals surface area contributed by atoms with Gasteiger partial charge in [-0.3, -0.25) is 4.79 Å². The largest absolute Gasteiger partial charge is 0.490 e. The fourth-order valence-electron chi connectivity index (χ4n) is 6.63. The van der Waals surface area contributed by atoms with Crippen molar-refractivity contribution in [3.63, 3.8) is 0 Å². The van der Waals surface area contributed by atoms with Crippen molar-refractivity contribution >= 4 is 38.7 Å². The van der Waals surface area contributed by atoms with Crippen molar-refractivity contribution in [3.8, 4) is 38.6 Å². The van der Waals surface area contributed by atoms with Crippen LogP contribution in [0.3, 0.4) is 0 Å². The van der Waals surface area contributed by atoms with E-state index >= 15 is 8.78 Å². The highest BCUT2D eigenvalue weighted by molar-refractivity contribution is 7.18. The Morgan fingerprint density at radius 1 is 1.06 bits per heavy atom. The third-order valence-electron chi connectivity index (χ3n) is 8.85. The summed E-state index contributed by atoms with van der Waals surface area (Å²) < 4.78 is 58.5. The molecule has 11 heteroatoms. The number of hydrogen-bond acceptors (Lipinski definition) is 7. The number of rotatable bonds is 8. The second-order valence-electron chi connectivity index (χ2n) is 11.7. The van der Waals surface area contributed by atoms with E-state index in [1.807, 2.05) is 13.0 Å². The van der Waals surface area contributed by atoms with Gasteiger partial charge in [0, 0.05) is 70.2 Å². The maximum Gasteiger partial charge on any atom is 0.246 e. The molecule has 0 radical (unpaired) electrons. The number of methoxy groups -OCH3 is 1. The first-order chi connectivity index (χ1) is 22.8. The molecule has 0 unspecified atom stereocenters. The standard InChI is InChI=1S/C36H32F3N3O3S2/c1-4-29(43)42-10-8-26-28(17-42)47-36(41-26)31-19(2)30(21-5-6-22-16-40-9-7-20(22)13-21)33-25(39)18-46-35(33)34(31)32-24(38)14-23(37)15-27(32)45-12-11-44-3/h4-6,13-15,18,40H,1,7-12,16-17H2,2-3H3. The lowest BCUT2D eigenvalue weighted by Crippen LogP contribution is -2.34. The zero-order chi connectivity index (χ0) is 32.8. The van der Waals surface area contributed by atoms with E-state index in [1.54, 1.807) is 4.90 Å². The van der Waals surface area contributed by atoms with Gasteiger partial charge in [-0.05, 0) is 53.8 Å². The molecule has 6 nitrogen and oxygen atoms in total. The molecule has 47 heavy (non-hydrogen) atoms. The fourth-order valence-corrected chi connectivity index (χ4v) is 8.84. The average Bonchev–Trinajstić information content (AvgIpc) is 3.66. The Labute approximate surface area is 278 Å². The molecule has 1 N–H and O–H groups in total. The summed E-state index contributed by atoms with van der Waals surface area (Å²) in [4.78, 5) is 20.2. The van der Waals surface area contributed by atoms with Gasteiger partial charge in [-0.15, -0.1) is 22.7 Å². The molecule has 2 aliphatic rings. The van der Waals surface area contributed by atoms with Gasteiger partial charge < -0.3 is 19.7 Å². The Bertz CT molecular complexity index is 2050. The molecule has 0 bridgehead atoms. The molecule has 242 valence electrons. The number of fused-ring (bicyclic) bond motifs is 3. The van der Waals surface area contributed by atoms with Crippen molar-refractivity contribution in [2.75, 3.05) is 33.4 Å². The second-order valence-corrected chi connectivity index (χ2v) is 13.6. The predicted octanol–water partition coefficient (Wildman–Crippen LogP) is 7.83. The smallest absolute Gasteiger partial charge is 0.246 e. The molecule has 1 amide bonds. The molecular formula is C36H32F3N3O3S2. The first kappa shape index (κ1) is 31.6. The third-order valence-corrected chi connectivity index (χ3v) is 10.9. The van der Waals surface area contributed by atoms with Gasteiger partial charge in [-0.1, -0.05) is 24.8 Å². The summed E-state index contributed by atoms with van der Waals surface area (Å²) >= 11 is 2.60. The number of thiazole rings is 1. The van der Waals surface area contributed by atoms with Crippen molar-refractivity contribution in [1.82, 2.24) is 15.2 Å². The lowest BCUT2D eigenvalue weighted by Gasteiger charge is -2.24. The Hall–Kier alpha value is -4.03. The van der Waals surface area contributed by atoms with E-state index in [-0.39, 0.29) is 30.4 Å². The monoisotopic (exact) mass is 675 g/mol. The number of carbonyl (C=O) groups excluding carboxylic acids is 1. The van der Waals surface area contributed by atoms with Crippen molar-refractivity contribution in [1.29, 1.82) is 0 Å². The van der Waals surface area contributed by atoms with E-state index in [4.69, 9.17) is 14.5 Å². The molecule has 3 aromatic carbocycles. The normalized spacial score (nSPS) is 14.3. The van der Waals surface area contributed by atoms with Crippen molar-refractivity contribution in [2.24, 2.45) is 0 Å². The number of aromatic nitrogens is 1. The van der Waals surface area contributed by atoms with Gasteiger partial charge >= 0.3 is 0 Å². The van der Waals surface area contributed by atoms with Gasteiger partial charge in [0.15, 0.2) is 0 Å². The van der Waals surface area contributed by atoms with Gasteiger partial charge in [0.05, 0.1) is 24.4 Å². The molecule has 2 aliphatic heterocycles. The van der Waals surface area contributed by atoms with Crippen LogP contribution in [-0.4, -0.2) is 49.2 Å². The molecule has 0 atom stereocenters. The van der Waals surface area contributed by atoms with Crippen LogP contribution in [0.1, 0.15) is 27.3 Å². The van der Waals surface area contributed by atoms with Gasteiger partial charge in [0.25, 0.3) is 0 Å². The van der Waals surface area contributed by atoms with Crippen molar-refractivity contribution < 1.29 is 27.4 Å². The first-order valence-corrected chi connectivity index (χ1v) is 17.1. The predicted molar refractivity (Wildman–Crippen MR) is 181 cm³/mol. The highest BCUT2D eigenvalue weighted by Gasteiger charge is 2.31. The van der Waals surface area contributed by atoms with Gasteiger partial charge in [0.2, 0.25) is 5.91 Å². The maximum atomic E-state index is 16.2. The molecule has 0 aliphatic carbocycles. The Kier molecular flexibility index (Phi) is 8.65. The van der Waals surface area contributed by atoms with E-state index in [0.29, 0.717) is 51.3 Å². The second kappa shape index (κ2) is 12.9. The Morgan fingerprint density at radius 2 is 1.91 bits per heavy atom. The summed E-state index contributed by atoms with van der Waals surface area (Å²) in [6.45, 7) is 8.31. The maximum absolute atomic E-state index is 16.2. The van der Waals surface area contributed by atoms with E-state index < -0.39 is 17.5 Å². The van der Waals surface area contributed by atoms with Crippen LogP contribution in [0.2, 0.25) is 0 Å². The molecular weight excluding hydrogens is 644 g/mol. The SMILES string of the molecule is C=CC(=O)N1CCc2nc(-c3c(C)c(-c4ccc5c(c4)CCNC5)c4c(F)csc4c3-c3c(F)cc(F)cc3OCCOC)sc2C1. The summed E-state index contributed by atoms with van der Waals surface area (Å²) in [5, 5.41) is 5.81. The molecule has 0 spiro atoms. The van der Waals surface area contributed by atoms with Crippen molar-refractivity contribution in [3.05, 3.63) is 93.1 Å². The average molecular weight is 676 g/mol. The zero-order valence-corrected chi connectivity index (χ0v) is 27.6. The lowest BCUT2D eigenvalue weighted by atomic mass is 9.85. The van der Waals surface area contributed by atoms with Crippen LogP contribution in [0.4, 0.5) is 13.2 Å². The first-order valence-electron chi connectivity index (χ1n) is 15.4. The molecule has 5 aromatic rings. The number of amides is 1. The van der Waals surface area contributed by atoms with Crippen LogP contribution in [0.25, 0.3) is 42.9 Å². The van der Waals surface area contributed by atoms with Gasteiger partial charge in [0.1, 0.15) is 34.8 Å².